The van der Waals surface area contributed by atoms with E-state index >= 15 is 0 Å². The number of carboxylic acids is 3. The number of carboxylic acid groups (broad SMARTS) is 3. The number of hydrogen-bond acceptors (Lipinski definition) is 14. The van der Waals surface area contributed by atoms with Crippen molar-refractivity contribution in [2.75, 3.05) is 125 Å². The minimum atomic E-state index is -2.25. The fourth-order valence-electron chi connectivity index (χ4n) is 8.73. The fourth-order valence-corrected chi connectivity index (χ4v) is 9.71. The lowest BCUT2D eigenvalue weighted by atomic mass is 9.91. The van der Waals surface area contributed by atoms with Gasteiger partial charge in [-0.1, -0.05) is 26.0 Å². The topological polar surface area (TPSA) is 257 Å². The number of phenols is 2. The van der Waals surface area contributed by atoms with Crippen molar-refractivity contribution in [2.45, 2.75) is 45.4 Å². The molecule has 21 nitrogen and oxygen atoms in total. The first-order valence-corrected chi connectivity index (χ1v) is 25.4. The minimum absolute atomic E-state index is 0.00857. The zero-order chi connectivity index (χ0) is 50.6. The summed E-state index contributed by atoms with van der Waals surface area (Å²) in [6, 6.07) is 10.7. The normalized spacial score (nSPS) is 17.7. The van der Waals surface area contributed by atoms with E-state index in [4.69, 9.17) is 0 Å². The molecule has 1 atom stereocenters. The molecule has 22 heteroatoms. The number of benzene rings is 2. The minimum Gasteiger partial charge on any atom is -0.508 e. The third-order valence-corrected chi connectivity index (χ3v) is 14.3. The smallest absolute Gasteiger partial charge is 0.317 e. The summed E-state index contributed by atoms with van der Waals surface area (Å²) in [6.45, 7) is 7.14. The number of carbonyl (C=O) groups excluding carboxylic acids is 2. The van der Waals surface area contributed by atoms with Gasteiger partial charge in [0.25, 0.3) is 5.91 Å². The number of aromatic hydroxyl groups is 2. The highest BCUT2D eigenvalue weighted by molar-refractivity contribution is 7.97. The van der Waals surface area contributed by atoms with Crippen LogP contribution in [0.5, 0.6) is 11.5 Å². The Morgan fingerprint density at radius 1 is 0.710 bits per heavy atom. The predicted molar refractivity (Wildman–Crippen MR) is 261 cm³/mol. The van der Waals surface area contributed by atoms with E-state index in [9.17, 15) is 53.7 Å². The molecule has 2 amide bonds. The maximum absolute atomic E-state index is 14.3. The molecule has 2 saturated heterocycles. The van der Waals surface area contributed by atoms with Crippen molar-refractivity contribution in [1.82, 2.24) is 48.5 Å². The maximum Gasteiger partial charge on any atom is 0.317 e. The Morgan fingerprint density at radius 3 is 1.65 bits per heavy atom. The molecule has 1 aromatic heterocycles. The molecular weight excluding hydrogens is 913 g/mol. The Hall–Kier alpha value is -5.65. The van der Waals surface area contributed by atoms with Crippen molar-refractivity contribution >= 4 is 45.3 Å². The highest BCUT2D eigenvalue weighted by Gasteiger charge is 2.28. The molecule has 5 rings (SSSR count). The highest BCUT2D eigenvalue weighted by atomic mass is 32.2. The van der Waals surface area contributed by atoms with Crippen LogP contribution in [0.1, 0.15) is 60.8 Å². The van der Waals surface area contributed by atoms with Gasteiger partial charge in [0, 0.05) is 120 Å². The molecule has 0 aliphatic carbocycles. The summed E-state index contributed by atoms with van der Waals surface area (Å²) in [5, 5.41) is 59.1. The molecular formula is C47H70N10O11S. The van der Waals surface area contributed by atoms with E-state index in [0.29, 0.717) is 36.7 Å². The lowest BCUT2D eigenvalue weighted by molar-refractivity contribution is -0.140. The van der Waals surface area contributed by atoms with Crippen LogP contribution in [0, 0.1) is 5.92 Å². The molecule has 0 spiro atoms. The summed E-state index contributed by atoms with van der Waals surface area (Å²) < 4.78 is 16.0. The molecule has 0 radical (unpaired) electrons. The van der Waals surface area contributed by atoms with E-state index < -0.39 is 33.5 Å². The van der Waals surface area contributed by atoms with Gasteiger partial charge in [0.05, 0.1) is 31.7 Å². The standard InChI is InChI=1S/C47H70N10O11S/c1-33(2)37-27-38(40(59)28-39(37)58)45-48-49-46(57(45)36-10-8-34(9-11-36)26-35-12-16-56(17-13-35)69(5,6)68)47(67)51(4)15-7-14-50(3)41(60)29-52-18-20-53(30-42(61)62)22-24-55(32-44(65)66)25-23-54(21-19-52)31-43(63)64/h8-11,27-28,33,35,58-59H,5,7,12-26,29-32H2,1-4,6H3,(H,61,62)(H,63,64)(H,65,66). The third kappa shape index (κ3) is 15.9. The number of aromatic nitrogens is 3. The molecule has 2 fully saturated rings. The molecule has 3 aromatic rings. The Balaban J connectivity index is 1.28. The second-order valence-corrected chi connectivity index (χ2v) is 21.1. The van der Waals surface area contributed by atoms with Crippen LogP contribution in [0.4, 0.5) is 0 Å². The first-order chi connectivity index (χ1) is 32.6. The van der Waals surface area contributed by atoms with Crippen LogP contribution in [0.15, 0.2) is 36.4 Å². The summed E-state index contributed by atoms with van der Waals surface area (Å²) in [7, 11) is 1.03. The van der Waals surface area contributed by atoms with Gasteiger partial charge < -0.3 is 35.3 Å². The summed E-state index contributed by atoms with van der Waals surface area (Å²) in [6.07, 6.45) is 4.67. The number of aliphatic carboxylic acids is 3. The molecule has 380 valence electrons. The lowest BCUT2D eigenvalue weighted by Gasteiger charge is -2.33. The number of phenolic OH excluding ortho intramolecular Hbond substituents is 2. The van der Waals surface area contributed by atoms with Crippen LogP contribution in [0.2, 0.25) is 0 Å². The van der Waals surface area contributed by atoms with Gasteiger partial charge in [-0.3, -0.25) is 52.3 Å². The van der Waals surface area contributed by atoms with Gasteiger partial charge in [0.2, 0.25) is 11.7 Å². The molecule has 2 aromatic carbocycles. The average Bonchev–Trinajstić information content (AvgIpc) is 3.71. The average molecular weight is 983 g/mol. The molecule has 3 heterocycles. The second-order valence-electron chi connectivity index (χ2n) is 18.6. The molecule has 1 unspecified atom stereocenters. The van der Waals surface area contributed by atoms with Crippen LogP contribution in [-0.2, 0) is 35.3 Å². The van der Waals surface area contributed by atoms with Crippen LogP contribution >= 0.6 is 0 Å². The monoisotopic (exact) mass is 982 g/mol. The first-order valence-electron chi connectivity index (χ1n) is 23.3. The first kappa shape index (κ1) is 54.3. The SMILES string of the molecule is C=S(C)(=O)N1CCC(Cc2ccc(-n3c(C(=O)N(C)CCCN(C)C(=O)CN4CCN(CC(=O)O)CCN(CC(=O)O)CCN(CC(=O)O)CC4)nnc3-c3cc(C(C)C)c(O)cc3O)cc2)CC1. The van der Waals surface area contributed by atoms with E-state index in [2.05, 4.69) is 16.1 Å². The van der Waals surface area contributed by atoms with E-state index in [1.165, 1.54) is 11.0 Å². The van der Waals surface area contributed by atoms with Crippen LogP contribution < -0.4 is 0 Å². The van der Waals surface area contributed by atoms with E-state index in [0.717, 1.165) is 37.9 Å². The number of rotatable bonds is 19. The molecule has 2 aliphatic rings. The number of likely N-dealkylation sites (N-methyl/N-ethyl adjacent to an activating group) is 1. The Morgan fingerprint density at radius 2 is 1.19 bits per heavy atom. The van der Waals surface area contributed by atoms with Crippen molar-refractivity contribution in [1.29, 1.82) is 0 Å². The molecule has 5 N–H and O–H groups in total. The lowest BCUT2D eigenvalue weighted by Crippen LogP contribution is -2.50. The molecule has 0 bridgehead atoms. The highest BCUT2D eigenvalue weighted by Crippen LogP contribution is 2.38. The van der Waals surface area contributed by atoms with Crippen LogP contribution in [-0.4, -0.2) is 239 Å². The van der Waals surface area contributed by atoms with Crippen molar-refractivity contribution in [3.63, 3.8) is 0 Å². The van der Waals surface area contributed by atoms with Gasteiger partial charge in [-0.25, -0.2) is 4.31 Å². The number of hydrogen-bond donors (Lipinski definition) is 5. The van der Waals surface area contributed by atoms with E-state index in [-0.39, 0.29) is 119 Å². The Kier molecular flexibility index (Phi) is 19.5. The zero-order valence-corrected chi connectivity index (χ0v) is 41.4. The zero-order valence-electron chi connectivity index (χ0n) is 40.5. The van der Waals surface area contributed by atoms with Gasteiger partial charge in [-0.2, -0.15) is 0 Å². The molecule has 69 heavy (non-hydrogen) atoms. The molecule has 0 saturated carbocycles. The summed E-state index contributed by atoms with van der Waals surface area (Å²) in [4.78, 5) is 72.9. The van der Waals surface area contributed by atoms with Crippen molar-refractivity contribution in [3.8, 4) is 28.6 Å². The van der Waals surface area contributed by atoms with Gasteiger partial charge in [-0.15, -0.1) is 10.2 Å². The number of piperidine rings is 1. The van der Waals surface area contributed by atoms with Gasteiger partial charge in [0.15, 0.2) is 5.82 Å². The van der Waals surface area contributed by atoms with Gasteiger partial charge in [-0.05, 0) is 72.7 Å². The number of nitrogens with zero attached hydrogens (tertiary/aromatic N) is 10. The molecule has 2 aliphatic heterocycles. The fraction of sp³-hybridized carbons (Fsp3) is 0.574. The van der Waals surface area contributed by atoms with Crippen molar-refractivity contribution in [3.05, 3.63) is 53.3 Å². The van der Waals surface area contributed by atoms with E-state index in [1.807, 2.05) is 47.3 Å². The maximum atomic E-state index is 14.3. The third-order valence-electron chi connectivity index (χ3n) is 12.8. The quantitative estimate of drug-likeness (QED) is 0.106. The second kappa shape index (κ2) is 24.8. The van der Waals surface area contributed by atoms with Gasteiger partial charge >= 0.3 is 17.9 Å². The number of carbonyl (C=O) groups is 5. The van der Waals surface area contributed by atoms with Crippen molar-refractivity contribution < 1.29 is 53.7 Å². The summed E-state index contributed by atoms with van der Waals surface area (Å²) in [5.41, 5.74) is 2.53. The van der Waals surface area contributed by atoms with Crippen LogP contribution in [0.3, 0.4) is 0 Å². The predicted octanol–water partition coefficient (Wildman–Crippen LogP) is 1.38. The summed E-state index contributed by atoms with van der Waals surface area (Å²) in [5.74, 6) is 0.218. The van der Waals surface area contributed by atoms with Gasteiger partial charge in [0.1, 0.15) is 11.5 Å². The Labute approximate surface area is 404 Å². The Bertz CT molecular complexity index is 2340. The van der Waals surface area contributed by atoms with Crippen molar-refractivity contribution in [2.24, 2.45) is 5.92 Å². The summed E-state index contributed by atoms with van der Waals surface area (Å²) >= 11 is 0. The van der Waals surface area contributed by atoms with Crippen LogP contribution in [0.25, 0.3) is 17.1 Å². The largest absolute Gasteiger partial charge is 0.508 e. The number of amides is 2. The van der Waals surface area contributed by atoms with E-state index in [1.54, 1.807) is 50.6 Å².